The van der Waals surface area contributed by atoms with Crippen LogP contribution in [0.3, 0.4) is 0 Å². The summed E-state index contributed by atoms with van der Waals surface area (Å²) in [6.45, 7) is 4.02. The monoisotopic (exact) mass is 263 g/mol. The maximum atomic E-state index is 13.2. The molecule has 0 aliphatic rings. The van der Waals surface area contributed by atoms with Crippen LogP contribution in [0.25, 0.3) is 0 Å². The molecule has 1 aromatic carbocycles. The number of carboxylic acid groups (broad SMARTS) is 1. The standard InChI is InChI=1S/C13H14FN3O2/c1-3-11-12(13(18)19)15-16-17(11)7-9-6-10(14)5-4-8(9)2/h4-6H,3,7H2,1-2H3,(H,18,19). The number of carboxylic acids is 1. The molecule has 5 nitrogen and oxygen atoms in total. The number of nitrogens with zero attached hydrogens (tertiary/aromatic N) is 3. The van der Waals surface area contributed by atoms with Gasteiger partial charge >= 0.3 is 5.97 Å². The van der Waals surface area contributed by atoms with Crippen LogP contribution in [0.1, 0.15) is 34.2 Å². The predicted molar refractivity (Wildman–Crippen MR) is 66.6 cm³/mol. The lowest BCUT2D eigenvalue weighted by atomic mass is 10.1. The first kappa shape index (κ1) is 13.2. The Morgan fingerprint density at radius 1 is 1.47 bits per heavy atom. The van der Waals surface area contributed by atoms with Crippen LogP contribution in [0.5, 0.6) is 0 Å². The summed E-state index contributed by atoms with van der Waals surface area (Å²) < 4.78 is 14.7. The Kier molecular flexibility index (Phi) is 3.59. The third-order valence-electron chi connectivity index (χ3n) is 3.01. The highest BCUT2D eigenvalue weighted by atomic mass is 19.1. The molecule has 0 bridgehead atoms. The van der Waals surface area contributed by atoms with Gasteiger partial charge in [0.05, 0.1) is 12.2 Å². The number of carbonyl (C=O) groups is 1. The van der Waals surface area contributed by atoms with E-state index in [1.165, 1.54) is 16.8 Å². The number of aromatic nitrogens is 3. The van der Waals surface area contributed by atoms with Gasteiger partial charge in [0, 0.05) is 0 Å². The van der Waals surface area contributed by atoms with Crippen LogP contribution >= 0.6 is 0 Å². The summed E-state index contributed by atoms with van der Waals surface area (Å²) in [4.78, 5) is 11.0. The normalized spacial score (nSPS) is 10.7. The largest absolute Gasteiger partial charge is 0.476 e. The summed E-state index contributed by atoms with van der Waals surface area (Å²) >= 11 is 0. The van der Waals surface area contributed by atoms with Crippen molar-refractivity contribution >= 4 is 5.97 Å². The lowest BCUT2D eigenvalue weighted by Crippen LogP contribution is -2.09. The third-order valence-corrected chi connectivity index (χ3v) is 3.01. The molecular formula is C13H14FN3O2. The van der Waals surface area contributed by atoms with Gasteiger partial charge in [0.15, 0.2) is 5.69 Å². The average molecular weight is 263 g/mol. The minimum Gasteiger partial charge on any atom is -0.476 e. The van der Waals surface area contributed by atoms with Gasteiger partial charge in [-0.2, -0.15) is 0 Å². The summed E-state index contributed by atoms with van der Waals surface area (Å²) in [7, 11) is 0. The van der Waals surface area contributed by atoms with Gasteiger partial charge in [-0.05, 0) is 36.6 Å². The van der Waals surface area contributed by atoms with Gasteiger partial charge in [0.1, 0.15) is 5.82 Å². The molecule has 0 fully saturated rings. The number of rotatable bonds is 4. The van der Waals surface area contributed by atoms with Crippen LogP contribution in [0.2, 0.25) is 0 Å². The van der Waals surface area contributed by atoms with Crippen LogP contribution in [0.15, 0.2) is 18.2 Å². The van der Waals surface area contributed by atoms with Crippen molar-refractivity contribution in [2.45, 2.75) is 26.8 Å². The molecule has 1 aromatic heterocycles. The van der Waals surface area contributed by atoms with E-state index in [2.05, 4.69) is 10.3 Å². The highest BCUT2D eigenvalue weighted by Crippen LogP contribution is 2.14. The van der Waals surface area contributed by atoms with E-state index in [1.54, 1.807) is 6.07 Å². The number of aryl methyl sites for hydroxylation is 1. The second kappa shape index (κ2) is 5.17. The van der Waals surface area contributed by atoms with Crippen molar-refractivity contribution in [3.8, 4) is 0 Å². The Labute approximate surface area is 109 Å². The molecule has 0 aliphatic carbocycles. The Bertz CT molecular complexity index is 622. The second-order valence-electron chi connectivity index (χ2n) is 4.27. The summed E-state index contributed by atoms with van der Waals surface area (Å²) in [6.07, 6.45) is 0.503. The molecule has 0 atom stereocenters. The zero-order chi connectivity index (χ0) is 14.0. The van der Waals surface area contributed by atoms with Crippen LogP contribution in [-0.2, 0) is 13.0 Å². The molecule has 0 amide bonds. The number of benzene rings is 1. The topological polar surface area (TPSA) is 68.0 Å². The van der Waals surface area contributed by atoms with E-state index in [0.29, 0.717) is 18.7 Å². The lowest BCUT2D eigenvalue weighted by Gasteiger charge is -2.08. The first-order chi connectivity index (χ1) is 9.02. The molecular weight excluding hydrogens is 249 g/mol. The summed E-state index contributed by atoms with van der Waals surface area (Å²) in [5, 5.41) is 16.5. The maximum Gasteiger partial charge on any atom is 0.358 e. The van der Waals surface area contributed by atoms with Gasteiger partial charge in [0.25, 0.3) is 0 Å². The fourth-order valence-corrected chi connectivity index (χ4v) is 1.95. The fraction of sp³-hybridized carbons (Fsp3) is 0.308. The first-order valence-electron chi connectivity index (χ1n) is 5.93. The van der Waals surface area contributed by atoms with Gasteiger partial charge in [-0.3, -0.25) is 0 Å². The van der Waals surface area contributed by atoms with Gasteiger partial charge in [-0.25, -0.2) is 13.9 Å². The molecule has 0 spiro atoms. The van der Waals surface area contributed by atoms with Gasteiger partial charge < -0.3 is 5.11 Å². The smallest absolute Gasteiger partial charge is 0.358 e. The van der Waals surface area contributed by atoms with E-state index < -0.39 is 5.97 Å². The fourth-order valence-electron chi connectivity index (χ4n) is 1.95. The van der Waals surface area contributed by atoms with Crippen LogP contribution in [0.4, 0.5) is 4.39 Å². The quantitative estimate of drug-likeness (QED) is 0.916. The predicted octanol–water partition coefficient (Wildman–Crippen LogP) is 2.03. The first-order valence-corrected chi connectivity index (χ1v) is 5.93. The Hall–Kier alpha value is -2.24. The number of hydrogen-bond donors (Lipinski definition) is 1. The summed E-state index contributed by atoms with van der Waals surface area (Å²) in [5.74, 6) is -1.42. The van der Waals surface area contributed by atoms with Crippen LogP contribution in [-0.4, -0.2) is 26.1 Å². The summed E-state index contributed by atoms with van der Waals surface area (Å²) in [5.41, 5.74) is 2.18. The van der Waals surface area contributed by atoms with Crippen molar-refractivity contribution in [3.63, 3.8) is 0 Å². The van der Waals surface area contributed by atoms with E-state index in [0.717, 1.165) is 11.1 Å². The van der Waals surface area contributed by atoms with E-state index in [-0.39, 0.29) is 11.5 Å². The minimum atomic E-state index is -1.10. The average Bonchev–Trinajstić information content (AvgIpc) is 2.76. The SMILES string of the molecule is CCc1c(C(=O)O)nnn1Cc1cc(F)ccc1C. The van der Waals surface area contributed by atoms with Crippen LogP contribution < -0.4 is 0 Å². The van der Waals surface area contributed by atoms with Crippen molar-refractivity contribution in [1.29, 1.82) is 0 Å². The number of hydrogen-bond acceptors (Lipinski definition) is 3. The highest BCUT2D eigenvalue weighted by molar-refractivity contribution is 5.86. The van der Waals surface area contributed by atoms with E-state index in [9.17, 15) is 9.18 Å². The van der Waals surface area contributed by atoms with Crippen LogP contribution in [0, 0.1) is 12.7 Å². The van der Waals surface area contributed by atoms with Crippen molar-refractivity contribution in [3.05, 3.63) is 46.5 Å². The molecule has 100 valence electrons. The minimum absolute atomic E-state index is 0.0449. The number of aromatic carboxylic acids is 1. The molecule has 1 heterocycles. The highest BCUT2D eigenvalue weighted by Gasteiger charge is 2.17. The zero-order valence-electron chi connectivity index (χ0n) is 10.7. The molecule has 0 unspecified atom stereocenters. The molecule has 0 aliphatic heterocycles. The Morgan fingerprint density at radius 2 is 2.21 bits per heavy atom. The van der Waals surface area contributed by atoms with E-state index >= 15 is 0 Å². The van der Waals surface area contributed by atoms with Crippen molar-refractivity contribution < 1.29 is 14.3 Å². The molecule has 2 rings (SSSR count). The summed E-state index contributed by atoms with van der Waals surface area (Å²) in [6, 6.07) is 4.51. The van der Waals surface area contributed by atoms with Gasteiger partial charge in [-0.1, -0.05) is 18.2 Å². The second-order valence-corrected chi connectivity index (χ2v) is 4.27. The molecule has 0 radical (unpaired) electrons. The van der Waals surface area contributed by atoms with E-state index in [1.807, 2.05) is 13.8 Å². The Morgan fingerprint density at radius 3 is 2.84 bits per heavy atom. The zero-order valence-corrected chi connectivity index (χ0v) is 10.7. The van der Waals surface area contributed by atoms with Gasteiger partial charge in [-0.15, -0.1) is 5.10 Å². The molecule has 19 heavy (non-hydrogen) atoms. The molecule has 2 aromatic rings. The van der Waals surface area contributed by atoms with Crippen molar-refractivity contribution in [1.82, 2.24) is 15.0 Å². The Balaban J connectivity index is 2.38. The molecule has 0 saturated heterocycles. The maximum absolute atomic E-state index is 13.2. The van der Waals surface area contributed by atoms with Crippen molar-refractivity contribution in [2.75, 3.05) is 0 Å². The van der Waals surface area contributed by atoms with Gasteiger partial charge in [0.2, 0.25) is 0 Å². The van der Waals surface area contributed by atoms with E-state index in [4.69, 9.17) is 5.11 Å². The number of halogens is 1. The lowest BCUT2D eigenvalue weighted by molar-refractivity contribution is 0.0689. The van der Waals surface area contributed by atoms with Crippen molar-refractivity contribution in [2.24, 2.45) is 0 Å². The third kappa shape index (κ3) is 2.62. The molecule has 0 saturated carbocycles. The molecule has 6 heteroatoms. The molecule has 1 N–H and O–H groups in total.